The lowest BCUT2D eigenvalue weighted by molar-refractivity contribution is -0.409. The monoisotopic (exact) mass is 683 g/mol. The maximum absolute atomic E-state index is 13.7. The van der Waals surface area contributed by atoms with Crippen LogP contribution in [0.4, 0.5) is 0 Å². The van der Waals surface area contributed by atoms with Gasteiger partial charge in [0.2, 0.25) is 35.4 Å². The van der Waals surface area contributed by atoms with Crippen LogP contribution < -0.4 is 38.5 Å². The van der Waals surface area contributed by atoms with Gasteiger partial charge in [0.1, 0.15) is 30.8 Å². The van der Waals surface area contributed by atoms with Crippen molar-refractivity contribution >= 4 is 47.3 Å². The molecule has 48 heavy (non-hydrogen) atoms. The lowest BCUT2D eigenvalue weighted by Gasteiger charge is -2.30. The molecule has 2 heterocycles. The molecule has 1 aliphatic heterocycles. The number of amides is 7. The van der Waals surface area contributed by atoms with Crippen molar-refractivity contribution in [1.82, 2.24) is 36.1 Å². The Morgan fingerprint density at radius 1 is 1.00 bits per heavy atom. The first kappa shape index (κ1) is 39.0. The molecule has 21 nitrogen and oxygen atoms in total. The van der Waals surface area contributed by atoms with Crippen LogP contribution in [0.5, 0.6) is 0 Å². The molecule has 1 fully saturated rings. The van der Waals surface area contributed by atoms with E-state index in [0.717, 1.165) is 6.92 Å². The van der Waals surface area contributed by atoms with E-state index in [1.54, 1.807) is 0 Å². The molecule has 0 saturated carbocycles. The van der Waals surface area contributed by atoms with Crippen LogP contribution in [0, 0.1) is 0 Å². The molecule has 1 aromatic heterocycles. The van der Waals surface area contributed by atoms with Gasteiger partial charge in [0.05, 0.1) is 18.9 Å². The average Bonchev–Trinajstić information content (AvgIpc) is 3.72. The zero-order valence-electron chi connectivity index (χ0n) is 26.2. The summed E-state index contributed by atoms with van der Waals surface area (Å²) in [5, 5.41) is 37.5. The number of hydrogen-bond acceptors (Lipinski definition) is 11. The molecule has 0 aromatic carbocycles. The summed E-state index contributed by atoms with van der Waals surface area (Å²) in [4.78, 5) is 109. The maximum atomic E-state index is 13.7. The van der Waals surface area contributed by atoms with Crippen LogP contribution in [0.25, 0.3) is 0 Å². The number of primary amides is 2. The SMILES string of the molecule is C[C@@H](O)[C@H](NC(=O)[C@H](CC(N)=O)NC(=O)[C@H](CCC(N)=O)NC(=O)[C@@H]1CCCN1C(=O)[C@H](Cc1cnc[nH]1)NC(=O)[C@@H]([NH3+])CO)C(=O)O. The molecule has 7 amide bonds. The van der Waals surface area contributed by atoms with Gasteiger partial charge in [0.15, 0.2) is 12.1 Å². The molecule has 2 rings (SSSR count). The number of nitrogens with one attached hydrogen (secondary N) is 5. The third-order valence-electron chi connectivity index (χ3n) is 7.42. The van der Waals surface area contributed by atoms with E-state index in [9.17, 15) is 53.7 Å². The summed E-state index contributed by atoms with van der Waals surface area (Å²) in [7, 11) is 0. The summed E-state index contributed by atoms with van der Waals surface area (Å²) in [6.45, 7) is 0.615. The molecular formula is C27H43N10O11+. The number of aliphatic hydroxyl groups is 2. The van der Waals surface area contributed by atoms with E-state index >= 15 is 0 Å². The highest BCUT2D eigenvalue weighted by Gasteiger charge is 2.40. The van der Waals surface area contributed by atoms with E-state index in [-0.39, 0.29) is 25.8 Å². The number of aromatic nitrogens is 2. The van der Waals surface area contributed by atoms with Crippen LogP contribution in [0.15, 0.2) is 12.5 Å². The predicted octanol–water partition coefficient (Wildman–Crippen LogP) is -6.91. The Balaban J connectivity index is 2.28. The minimum Gasteiger partial charge on any atom is -0.480 e. The quantitative estimate of drug-likeness (QED) is 0.0648. The van der Waals surface area contributed by atoms with Crippen molar-refractivity contribution in [3.63, 3.8) is 0 Å². The van der Waals surface area contributed by atoms with Gasteiger partial charge in [0, 0.05) is 31.3 Å². The Morgan fingerprint density at radius 3 is 2.19 bits per heavy atom. The Bertz CT molecular complexity index is 1340. The van der Waals surface area contributed by atoms with Gasteiger partial charge in [-0.2, -0.15) is 0 Å². The third-order valence-corrected chi connectivity index (χ3v) is 7.42. The lowest BCUT2D eigenvalue weighted by atomic mass is 10.1. The van der Waals surface area contributed by atoms with Crippen molar-refractivity contribution in [2.75, 3.05) is 13.2 Å². The Kier molecular flexibility index (Phi) is 14.8. The number of rotatable bonds is 19. The first-order valence-corrected chi connectivity index (χ1v) is 15.0. The van der Waals surface area contributed by atoms with Crippen LogP contribution in [-0.4, -0.2) is 133 Å². The Morgan fingerprint density at radius 2 is 1.65 bits per heavy atom. The number of carbonyl (C=O) groups excluding carboxylic acids is 7. The van der Waals surface area contributed by atoms with E-state index in [4.69, 9.17) is 11.5 Å². The number of aromatic amines is 1. The second kappa shape index (κ2) is 18.3. The number of aliphatic carboxylic acids is 1. The van der Waals surface area contributed by atoms with Gasteiger partial charge in [-0.25, -0.2) is 9.78 Å². The van der Waals surface area contributed by atoms with Gasteiger partial charge in [0.25, 0.3) is 5.91 Å². The first-order chi connectivity index (χ1) is 22.5. The smallest absolute Gasteiger partial charge is 0.328 e. The Hall–Kier alpha value is -5.15. The summed E-state index contributed by atoms with van der Waals surface area (Å²) in [5.41, 5.74) is 14.5. The standard InChI is InChI=1S/C27H42N10O11/c1-12(39)21(27(47)48)36-24(44)16(8-20(30)41)34-23(43)15(4-5-19(29)40)33-25(45)18-3-2-6-37(18)26(46)17(7-13-9-31-11-32-13)35-22(42)14(28)10-38/h9,11-12,14-18,21,38-39H,2-8,10,28H2,1H3,(H2,29,40)(H2,30,41)(H,31,32)(H,33,45)(H,34,43)(H,35,42)(H,36,44)(H,47,48)/p+1/t12-,14+,15+,16+,17+,18+,21+/m1/s1. The number of aliphatic hydroxyl groups excluding tert-OH is 2. The van der Waals surface area contributed by atoms with Crippen molar-refractivity contribution in [3.8, 4) is 0 Å². The summed E-state index contributed by atoms with van der Waals surface area (Å²) < 4.78 is 0. The number of imidazole rings is 1. The zero-order valence-corrected chi connectivity index (χ0v) is 26.2. The van der Waals surface area contributed by atoms with Crippen molar-refractivity contribution in [3.05, 3.63) is 18.2 Å². The van der Waals surface area contributed by atoms with Crippen LogP contribution in [0.2, 0.25) is 0 Å². The summed E-state index contributed by atoms with van der Waals surface area (Å²) >= 11 is 0. The summed E-state index contributed by atoms with van der Waals surface area (Å²) in [6.07, 6.45) is 0.171. The molecule has 0 radical (unpaired) electrons. The van der Waals surface area contributed by atoms with E-state index in [0.29, 0.717) is 12.1 Å². The topological polar surface area (TPSA) is 357 Å². The molecule has 1 saturated heterocycles. The fraction of sp³-hybridized carbons (Fsp3) is 0.593. The maximum Gasteiger partial charge on any atom is 0.328 e. The summed E-state index contributed by atoms with van der Waals surface area (Å²) in [6, 6.07) is -8.48. The highest BCUT2D eigenvalue weighted by Crippen LogP contribution is 2.20. The zero-order chi connectivity index (χ0) is 36.1. The predicted molar refractivity (Wildman–Crippen MR) is 160 cm³/mol. The highest BCUT2D eigenvalue weighted by atomic mass is 16.4. The van der Waals surface area contributed by atoms with E-state index in [1.165, 1.54) is 17.4 Å². The fourth-order valence-corrected chi connectivity index (χ4v) is 4.84. The molecule has 21 heteroatoms. The second-order valence-corrected chi connectivity index (χ2v) is 11.3. The van der Waals surface area contributed by atoms with Gasteiger partial charge in [-0.3, -0.25) is 33.6 Å². The Labute approximate surface area is 273 Å². The largest absolute Gasteiger partial charge is 0.480 e. The number of H-pyrrole nitrogens is 1. The molecule has 0 unspecified atom stereocenters. The van der Waals surface area contributed by atoms with Crippen molar-refractivity contribution in [2.45, 2.75) is 87.8 Å². The number of carboxylic acid groups (broad SMARTS) is 1. The van der Waals surface area contributed by atoms with Crippen LogP contribution in [0.1, 0.15) is 44.7 Å². The molecule has 0 bridgehead atoms. The molecule has 266 valence electrons. The number of likely N-dealkylation sites (tertiary alicyclic amines) is 1. The van der Waals surface area contributed by atoms with Gasteiger partial charge in [-0.05, 0) is 26.2 Å². The summed E-state index contributed by atoms with van der Waals surface area (Å²) in [5.74, 6) is -7.93. The number of carbonyl (C=O) groups is 8. The van der Waals surface area contributed by atoms with Crippen molar-refractivity contribution in [2.24, 2.45) is 11.5 Å². The van der Waals surface area contributed by atoms with Crippen LogP contribution in [-0.2, 0) is 44.8 Å². The second-order valence-electron chi connectivity index (χ2n) is 11.3. The van der Waals surface area contributed by atoms with E-state index in [1.807, 2.05) is 5.32 Å². The average molecular weight is 684 g/mol. The van der Waals surface area contributed by atoms with Gasteiger partial charge >= 0.3 is 5.97 Å². The first-order valence-electron chi connectivity index (χ1n) is 15.0. The lowest BCUT2D eigenvalue weighted by Crippen LogP contribution is -2.70. The minimum atomic E-state index is -1.80. The molecule has 0 spiro atoms. The van der Waals surface area contributed by atoms with Gasteiger partial charge in [-0.15, -0.1) is 0 Å². The molecule has 1 aliphatic rings. The van der Waals surface area contributed by atoms with E-state index < -0.39 is 109 Å². The molecule has 1 aromatic rings. The minimum absolute atomic E-state index is 0.0433. The molecule has 15 N–H and O–H groups in total. The van der Waals surface area contributed by atoms with Gasteiger partial charge < -0.3 is 63.7 Å². The van der Waals surface area contributed by atoms with Crippen LogP contribution in [0.3, 0.4) is 0 Å². The number of nitrogens with two attached hydrogens (primary N) is 2. The third kappa shape index (κ3) is 11.6. The highest BCUT2D eigenvalue weighted by molar-refractivity contribution is 5.98. The molecule has 7 atom stereocenters. The molecular weight excluding hydrogens is 640 g/mol. The van der Waals surface area contributed by atoms with Crippen molar-refractivity contribution in [1.29, 1.82) is 0 Å². The van der Waals surface area contributed by atoms with Crippen LogP contribution >= 0.6 is 0 Å². The van der Waals surface area contributed by atoms with Crippen molar-refractivity contribution < 1.29 is 59.4 Å². The normalized spacial score (nSPS) is 17.9. The van der Waals surface area contributed by atoms with Gasteiger partial charge in [-0.1, -0.05) is 0 Å². The van der Waals surface area contributed by atoms with E-state index in [2.05, 4.69) is 31.7 Å². The fourth-order valence-electron chi connectivity index (χ4n) is 4.84. The number of nitrogens with zero attached hydrogens (tertiary/aromatic N) is 2. The number of carboxylic acids is 1. The number of hydrogen-bond donors (Lipinski definition) is 11. The molecule has 0 aliphatic carbocycles. The number of quaternary nitrogens is 1.